The number of carbonyl (C=O) groups excluding carboxylic acids is 1. The molecule has 1 atom stereocenters. The molecule has 2 heterocycles. The molecule has 1 unspecified atom stereocenters. The first-order chi connectivity index (χ1) is 9.79. The van der Waals surface area contributed by atoms with Gasteiger partial charge in [0.1, 0.15) is 0 Å². The van der Waals surface area contributed by atoms with Gasteiger partial charge in [0.05, 0.1) is 6.04 Å². The molecule has 0 aliphatic carbocycles. The van der Waals surface area contributed by atoms with Gasteiger partial charge < -0.3 is 9.88 Å². The van der Waals surface area contributed by atoms with Crippen LogP contribution >= 0.6 is 0 Å². The average Bonchev–Trinajstić information content (AvgIpc) is 2.91. The number of amides is 1. The summed E-state index contributed by atoms with van der Waals surface area (Å²) in [7, 11) is 0. The normalized spacial score (nSPS) is 19.4. The summed E-state index contributed by atoms with van der Waals surface area (Å²) < 4.78 is 0. The minimum atomic E-state index is 0.232. The van der Waals surface area contributed by atoms with Crippen molar-refractivity contribution in [2.75, 3.05) is 6.54 Å². The Labute approximate surface area is 120 Å². The number of rotatable bonds is 3. The van der Waals surface area contributed by atoms with Crippen LogP contribution in [0.5, 0.6) is 0 Å². The number of para-hydroxylation sites is 1. The van der Waals surface area contributed by atoms with Crippen molar-refractivity contribution < 1.29 is 4.79 Å². The highest BCUT2D eigenvalue weighted by molar-refractivity contribution is 5.81. The van der Waals surface area contributed by atoms with Gasteiger partial charge in [0, 0.05) is 24.2 Å². The molecule has 3 heteroatoms. The molecule has 3 rings (SSSR count). The lowest BCUT2D eigenvalue weighted by molar-refractivity contribution is -0.135. The summed E-state index contributed by atoms with van der Waals surface area (Å²) in [6, 6.07) is 10.8. The third-order valence-electron chi connectivity index (χ3n) is 4.20. The fourth-order valence-corrected chi connectivity index (χ4v) is 3.19. The highest BCUT2D eigenvalue weighted by atomic mass is 16.2. The lowest BCUT2D eigenvalue weighted by Gasteiger charge is -2.35. The number of likely N-dealkylation sites (tertiary alicyclic amines) is 1. The van der Waals surface area contributed by atoms with Gasteiger partial charge in [0.15, 0.2) is 0 Å². The van der Waals surface area contributed by atoms with Gasteiger partial charge >= 0.3 is 0 Å². The summed E-state index contributed by atoms with van der Waals surface area (Å²) in [5.74, 6) is 0.302. The number of hydrogen-bond donors (Lipinski definition) is 1. The molecule has 0 bridgehead atoms. The van der Waals surface area contributed by atoms with E-state index in [-0.39, 0.29) is 6.04 Å². The number of piperidine rings is 1. The van der Waals surface area contributed by atoms with Crippen LogP contribution in [0.4, 0.5) is 0 Å². The van der Waals surface area contributed by atoms with Crippen LogP contribution in [0.3, 0.4) is 0 Å². The zero-order chi connectivity index (χ0) is 13.9. The summed E-state index contributed by atoms with van der Waals surface area (Å²) in [6.07, 6.45) is 5.00. The topological polar surface area (TPSA) is 36.1 Å². The minimum absolute atomic E-state index is 0.232. The molecule has 2 aromatic rings. The number of H-pyrrole nitrogens is 1. The van der Waals surface area contributed by atoms with Crippen LogP contribution < -0.4 is 0 Å². The number of aromatic nitrogens is 1. The number of fused-ring (bicyclic) bond motifs is 1. The van der Waals surface area contributed by atoms with E-state index < -0.39 is 0 Å². The number of nitrogens with one attached hydrogen (secondary N) is 1. The third kappa shape index (κ3) is 2.45. The first-order valence-corrected chi connectivity index (χ1v) is 7.66. The Morgan fingerprint density at radius 2 is 2.20 bits per heavy atom. The van der Waals surface area contributed by atoms with E-state index in [2.05, 4.69) is 41.1 Å². The van der Waals surface area contributed by atoms with Crippen molar-refractivity contribution in [3.05, 3.63) is 36.0 Å². The van der Waals surface area contributed by atoms with Crippen molar-refractivity contribution in [3.8, 4) is 0 Å². The van der Waals surface area contributed by atoms with Gasteiger partial charge in [0.25, 0.3) is 0 Å². The second kappa shape index (κ2) is 5.70. The molecular weight excluding hydrogens is 248 g/mol. The van der Waals surface area contributed by atoms with Gasteiger partial charge in [-0.2, -0.15) is 0 Å². The second-order valence-electron chi connectivity index (χ2n) is 5.66. The van der Waals surface area contributed by atoms with Crippen molar-refractivity contribution >= 4 is 16.8 Å². The lowest BCUT2D eigenvalue weighted by atomic mass is 9.98. The standard InChI is InChI=1S/C17H22N2O/c1-2-7-17(20)19-11-6-5-10-16(19)15-12-13-8-3-4-9-14(13)18-15/h3-4,8-9,12,16,18H,2,5-7,10-11H2,1H3. The van der Waals surface area contributed by atoms with Gasteiger partial charge in [-0.05, 0) is 43.2 Å². The second-order valence-corrected chi connectivity index (χ2v) is 5.66. The average molecular weight is 270 g/mol. The molecule has 0 spiro atoms. The summed E-state index contributed by atoms with van der Waals surface area (Å²) in [4.78, 5) is 17.9. The summed E-state index contributed by atoms with van der Waals surface area (Å²) in [5.41, 5.74) is 2.35. The smallest absolute Gasteiger partial charge is 0.223 e. The summed E-state index contributed by atoms with van der Waals surface area (Å²) in [5, 5.41) is 1.23. The molecule has 1 aliphatic rings. The maximum absolute atomic E-state index is 12.3. The Hall–Kier alpha value is -1.77. The molecule has 3 nitrogen and oxygen atoms in total. The van der Waals surface area contributed by atoms with Crippen LogP contribution in [0, 0.1) is 0 Å². The quantitative estimate of drug-likeness (QED) is 0.898. The predicted molar refractivity (Wildman–Crippen MR) is 81.5 cm³/mol. The molecular formula is C17H22N2O. The summed E-state index contributed by atoms with van der Waals surface area (Å²) >= 11 is 0. The largest absolute Gasteiger partial charge is 0.357 e. The SMILES string of the molecule is CCCC(=O)N1CCCCC1c1cc2ccccc2[nH]1. The highest BCUT2D eigenvalue weighted by Gasteiger charge is 2.28. The fraction of sp³-hybridized carbons (Fsp3) is 0.471. The Kier molecular flexibility index (Phi) is 3.77. The number of nitrogens with zero attached hydrogens (tertiary/aromatic N) is 1. The Bertz CT molecular complexity index is 569. The van der Waals surface area contributed by atoms with E-state index in [1.165, 1.54) is 17.5 Å². The number of carbonyl (C=O) groups is 1. The van der Waals surface area contributed by atoms with Crippen molar-refractivity contribution in [1.82, 2.24) is 9.88 Å². The monoisotopic (exact) mass is 270 g/mol. The zero-order valence-corrected chi connectivity index (χ0v) is 12.1. The molecule has 1 aromatic heterocycles. The van der Waals surface area contributed by atoms with E-state index in [0.717, 1.165) is 31.3 Å². The maximum atomic E-state index is 12.3. The molecule has 1 fully saturated rings. The van der Waals surface area contributed by atoms with E-state index in [1.807, 2.05) is 6.07 Å². The van der Waals surface area contributed by atoms with Crippen molar-refractivity contribution in [3.63, 3.8) is 0 Å². The molecule has 1 aromatic carbocycles. The fourth-order valence-electron chi connectivity index (χ4n) is 3.19. The van der Waals surface area contributed by atoms with Crippen molar-refractivity contribution in [2.24, 2.45) is 0 Å². The van der Waals surface area contributed by atoms with Crippen LogP contribution in [-0.4, -0.2) is 22.3 Å². The van der Waals surface area contributed by atoms with E-state index in [9.17, 15) is 4.79 Å². The Morgan fingerprint density at radius 3 is 3.00 bits per heavy atom. The first-order valence-electron chi connectivity index (χ1n) is 7.66. The van der Waals surface area contributed by atoms with Crippen molar-refractivity contribution in [1.29, 1.82) is 0 Å². The van der Waals surface area contributed by atoms with E-state index in [4.69, 9.17) is 0 Å². The van der Waals surface area contributed by atoms with E-state index in [1.54, 1.807) is 0 Å². The maximum Gasteiger partial charge on any atom is 0.223 e. The summed E-state index contributed by atoms with van der Waals surface area (Å²) in [6.45, 7) is 2.97. The first kappa shape index (κ1) is 13.2. The Morgan fingerprint density at radius 1 is 1.35 bits per heavy atom. The number of hydrogen-bond acceptors (Lipinski definition) is 1. The number of aromatic amines is 1. The molecule has 1 aliphatic heterocycles. The lowest BCUT2D eigenvalue weighted by Crippen LogP contribution is -2.38. The molecule has 0 radical (unpaired) electrons. The molecule has 0 saturated carbocycles. The minimum Gasteiger partial charge on any atom is -0.357 e. The predicted octanol–water partition coefficient (Wildman–Crippen LogP) is 4.02. The van der Waals surface area contributed by atoms with Crippen LogP contribution in [0.2, 0.25) is 0 Å². The van der Waals surface area contributed by atoms with Crippen LogP contribution in [-0.2, 0) is 4.79 Å². The van der Waals surface area contributed by atoms with Crippen LogP contribution in [0.1, 0.15) is 50.8 Å². The van der Waals surface area contributed by atoms with E-state index in [0.29, 0.717) is 12.3 Å². The van der Waals surface area contributed by atoms with Crippen molar-refractivity contribution in [2.45, 2.75) is 45.1 Å². The van der Waals surface area contributed by atoms with E-state index >= 15 is 0 Å². The van der Waals surface area contributed by atoms with Gasteiger partial charge in [-0.25, -0.2) is 0 Å². The molecule has 20 heavy (non-hydrogen) atoms. The molecule has 1 amide bonds. The van der Waals surface area contributed by atoms with Gasteiger partial charge in [-0.3, -0.25) is 4.79 Å². The number of benzene rings is 1. The Balaban J connectivity index is 1.90. The highest BCUT2D eigenvalue weighted by Crippen LogP contribution is 2.32. The molecule has 1 N–H and O–H groups in total. The van der Waals surface area contributed by atoms with Gasteiger partial charge in [-0.15, -0.1) is 0 Å². The zero-order valence-electron chi connectivity index (χ0n) is 12.1. The van der Waals surface area contributed by atoms with Gasteiger partial charge in [-0.1, -0.05) is 25.1 Å². The van der Waals surface area contributed by atoms with Crippen LogP contribution in [0.25, 0.3) is 10.9 Å². The third-order valence-corrected chi connectivity index (χ3v) is 4.20. The van der Waals surface area contributed by atoms with Crippen LogP contribution in [0.15, 0.2) is 30.3 Å². The molecule has 106 valence electrons. The molecule has 1 saturated heterocycles. The van der Waals surface area contributed by atoms with Gasteiger partial charge in [0.2, 0.25) is 5.91 Å².